The van der Waals surface area contributed by atoms with Crippen molar-refractivity contribution in [1.82, 2.24) is 5.32 Å². The Kier molecular flexibility index (Phi) is 67.7. The molecular formula is C84H149NO8. The van der Waals surface area contributed by atoms with E-state index in [0.29, 0.717) is 6.42 Å². The van der Waals surface area contributed by atoms with Crippen LogP contribution in [-0.4, -0.2) is 87.5 Å². The molecule has 6 N–H and O–H groups in total. The molecular weight excluding hydrogens is 1150 g/mol. The molecule has 93 heavy (non-hydrogen) atoms. The summed E-state index contributed by atoms with van der Waals surface area (Å²) in [4.78, 5) is 13.2. The number of ether oxygens (including phenoxy) is 2. The second-order valence-electron chi connectivity index (χ2n) is 27.1. The Morgan fingerprint density at radius 2 is 0.667 bits per heavy atom. The van der Waals surface area contributed by atoms with Gasteiger partial charge in [0, 0.05) is 6.42 Å². The van der Waals surface area contributed by atoms with Crippen molar-refractivity contribution in [3.63, 3.8) is 0 Å². The number of carbonyl (C=O) groups is 1. The van der Waals surface area contributed by atoms with E-state index in [4.69, 9.17) is 9.47 Å². The molecule has 538 valence electrons. The number of aliphatic hydroxyl groups excluding tert-OH is 5. The summed E-state index contributed by atoms with van der Waals surface area (Å²) in [6.07, 6.45) is 99.3. The fourth-order valence-electron chi connectivity index (χ4n) is 12.2. The Labute approximate surface area is 574 Å². The van der Waals surface area contributed by atoms with Gasteiger partial charge in [0.25, 0.3) is 0 Å². The number of aliphatic hydroxyl groups is 5. The summed E-state index contributed by atoms with van der Waals surface area (Å²) in [5, 5.41) is 54.9. The third-order valence-electron chi connectivity index (χ3n) is 18.4. The molecule has 0 saturated carbocycles. The van der Waals surface area contributed by atoms with E-state index in [1.165, 1.54) is 250 Å². The summed E-state index contributed by atoms with van der Waals surface area (Å²) in [5.74, 6) is -0.174. The minimum Gasteiger partial charge on any atom is -0.394 e. The number of unbranched alkanes of at least 4 members (excludes halogenated alkanes) is 43. The maximum Gasteiger partial charge on any atom is 0.220 e. The Morgan fingerprint density at radius 3 is 0.989 bits per heavy atom. The first-order chi connectivity index (χ1) is 45.8. The van der Waals surface area contributed by atoms with Gasteiger partial charge in [0.2, 0.25) is 5.91 Å². The topological polar surface area (TPSA) is 149 Å². The van der Waals surface area contributed by atoms with E-state index in [1.54, 1.807) is 6.08 Å². The molecule has 1 aliphatic rings. The van der Waals surface area contributed by atoms with E-state index in [2.05, 4.69) is 116 Å². The molecule has 9 heteroatoms. The predicted molar refractivity (Wildman–Crippen MR) is 401 cm³/mol. The van der Waals surface area contributed by atoms with Crippen LogP contribution in [0, 0.1) is 0 Å². The van der Waals surface area contributed by atoms with Gasteiger partial charge in [-0.25, -0.2) is 0 Å². The lowest BCUT2D eigenvalue weighted by molar-refractivity contribution is -0.302. The van der Waals surface area contributed by atoms with Crippen LogP contribution in [0.3, 0.4) is 0 Å². The molecule has 0 spiro atoms. The summed E-state index contributed by atoms with van der Waals surface area (Å²) in [5.41, 5.74) is 0. The molecule has 1 rings (SSSR count). The van der Waals surface area contributed by atoms with Gasteiger partial charge in [-0.15, -0.1) is 0 Å². The molecule has 0 radical (unpaired) electrons. The lowest BCUT2D eigenvalue weighted by Gasteiger charge is -2.40. The van der Waals surface area contributed by atoms with E-state index >= 15 is 0 Å². The third-order valence-corrected chi connectivity index (χ3v) is 18.4. The zero-order chi connectivity index (χ0) is 67.1. The highest BCUT2D eigenvalue weighted by atomic mass is 16.7. The minimum atomic E-state index is -1.57. The average molecular weight is 1300 g/mol. The van der Waals surface area contributed by atoms with Gasteiger partial charge in [-0.05, 0) is 83.5 Å². The maximum atomic E-state index is 13.2. The molecule has 0 bridgehead atoms. The van der Waals surface area contributed by atoms with Crippen LogP contribution in [0.15, 0.2) is 109 Å². The summed E-state index contributed by atoms with van der Waals surface area (Å²) in [7, 11) is 0. The van der Waals surface area contributed by atoms with Crippen molar-refractivity contribution in [2.75, 3.05) is 13.2 Å². The molecule has 0 aromatic rings. The number of amides is 1. The van der Waals surface area contributed by atoms with E-state index in [1.807, 2.05) is 6.08 Å². The van der Waals surface area contributed by atoms with Gasteiger partial charge in [0.15, 0.2) is 6.29 Å². The summed E-state index contributed by atoms with van der Waals surface area (Å²) in [6.45, 7) is 3.71. The predicted octanol–water partition coefficient (Wildman–Crippen LogP) is 22.8. The summed E-state index contributed by atoms with van der Waals surface area (Å²) in [6, 6.07) is -0.812. The average Bonchev–Trinajstić information content (AvgIpc) is 1.00. The van der Waals surface area contributed by atoms with Crippen LogP contribution in [0.2, 0.25) is 0 Å². The van der Waals surface area contributed by atoms with Crippen molar-refractivity contribution >= 4 is 5.91 Å². The van der Waals surface area contributed by atoms with Crippen LogP contribution < -0.4 is 5.32 Å². The molecule has 1 saturated heterocycles. The molecule has 1 amide bonds. The molecule has 1 heterocycles. The normalized spacial score (nSPS) is 18.2. The Morgan fingerprint density at radius 1 is 0.376 bits per heavy atom. The van der Waals surface area contributed by atoms with Gasteiger partial charge >= 0.3 is 0 Å². The fraction of sp³-hybridized carbons (Fsp3) is 0.774. The van der Waals surface area contributed by atoms with Crippen molar-refractivity contribution in [2.24, 2.45) is 0 Å². The Hall–Kier alpha value is -3.15. The van der Waals surface area contributed by atoms with Crippen molar-refractivity contribution in [2.45, 2.75) is 403 Å². The first-order valence-corrected chi connectivity index (χ1v) is 39.6. The number of allylic oxidation sites excluding steroid dienone is 17. The van der Waals surface area contributed by atoms with Crippen LogP contribution in [0.5, 0.6) is 0 Å². The molecule has 7 atom stereocenters. The van der Waals surface area contributed by atoms with Crippen LogP contribution in [0.4, 0.5) is 0 Å². The van der Waals surface area contributed by atoms with Crippen molar-refractivity contribution < 1.29 is 39.8 Å². The van der Waals surface area contributed by atoms with Gasteiger partial charge < -0.3 is 40.3 Å². The van der Waals surface area contributed by atoms with Crippen molar-refractivity contribution in [3.8, 4) is 0 Å². The van der Waals surface area contributed by atoms with Gasteiger partial charge in [-0.2, -0.15) is 0 Å². The number of hydrogen-bond acceptors (Lipinski definition) is 8. The molecule has 0 aliphatic carbocycles. The lowest BCUT2D eigenvalue weighted by atomic mass is 9.99. The molecule has 1 aliphatic heterocycles. The third kappa shape index (κ3) is 59.8. The molecule has 0 aromatic heterocycles. The van der Waals surface area contributed by atoms with Gasteiger partial charge in [0.1, 0.15) is 24.4 Å². The second-order valence-corrected chi connectivity index (χ2v) is 27.1. The second kappa shape index (κ2) is 71.6. The number of carbonyl (C=O) groups excluding carboxylic acids is 1. The highest BCUT2D eigenvalue weighted by molar-refractivity contribution is 5.76. The minimum absolute atomic E-state index is 0.174. The van der Waals surface area contributed by atoms with E-state index in [-0.39, 0.29) is 12.5 Å². The number of hydrogen-bond donors (Lipinski definition) is 6. The van der Waals surface area contributed by atoms with Crippen molar-refractivity contribution in [1.29, 1.82) is 0 Å². The first kappa shape index (κ1) is 87.9. The van der Waals surface area contributed by atoms with Crippen molar-refractivity contribution in [3.05, 3.63) is 109 Å². The molecule has 7 unspecified atom stereocenters. The monoisotopic (exact) mass is 1300 g/mol. The van der Waals surface area contributed by atoms with Crippen LogP contribution in [-0.2, 0) is 14.3 Å². The van der Waals surface area contributed by atoms with Crippen LogP contribution in [0.1, 0.15) is 361 Å². The summed E-state index contributed by atoms with van der Waals surface area (Å²) < 4.78 is 11.3. The van der Waals surface area contributed by atoms with Gasteiger partial charge in [0.05, 0.1) is 25.4 Å². The van der Waals surface area contributed by atoms with E-state index in [9.17, 15) is 30.3 Å². The standard InChI is InChI=1S/C84H149NO8/c1-3-5-7-9-11-13-15-17-19-21-23-25-27-29-31-33-34-35-36-37-38-39-40-41-42-43-44-46-48-50-52-54-56-58-60-62-64-66-68-70-72-74-80(88)85-77(76-92-84-83(91)82(90)81(89)79(75-86)93-84)78(87)73-71-69-67-65-63-61-59-57-55-53-51-49-47-45-32-30-28-26-24-22-20-18-16-14-12-10-8-6-4-2/h5,7,11,13,17,19,23,25,29,31,34-35,37-38,40-41,71,73,77-79,81-84,86-87,89-91H,3-4,6,8-10,12,14-16,18,20-22,24,26-28,30,32-33,36,39,42-70,72,74-76H2,1-2H3,(H,85,88)/b7-5-,13-11-,19-17-,25-23-,31-29-,35-34-,38-37-,41-40-,73-71+. The smallest absolute Gasteiger partial charge is 0.220 e. The van der Waals surface area contributed by atoms with Crippen LogP contribution in [0.25, 0.3) is 0 Å². The van der Waals surface area contributed by atoms with Gasteiger partial charge in [-0.1, -0.05) is 380 Å². The SMILES string of the molecule is CC/C=C\C/C=C\C/C=C\C/C=C\C/C=C\C/C=C\C/C=C\C/C=C\CCCCCCCCCCCCCCCCCCC(=O)NC(COC1OC(CO)C(O)C(O)C1O)C(O)/C=C/CCCCCCCCCCCCCCCCCCCCCCCCCCCCC. The zero-order valence-corrected chi connectivity index (χ0v) is 60.5. The largest absolute Gasteiger partial charge is 0.394 e. The maximum absolute atomic E-state index is 13.2. The first-order valence-electron chi connectivity index (χ1n) is 39.6. The highest BCUT2D eigenvalue weighted by Gasteiger charge is 2.44. The van der Waals surface area contributed by atoms with Gasteiger partial charge in [-0.3, -0.25) is 4.79 Å². The Bertz CT molecular complexity index is 1850. The Balaban J connectivity index is 2.09. The molecule has 9 nitrogen and oxygen atoms in total. The number of rotatable bonds is 69. The highest BCUT2D eigenvalue weighted by Crippen LogP contribution is 2.24. The zero-order valence-electron chi connectivity index (χ0n) is 60.5. The summed E-state index contributed by atoms with van der Waals surface area (Å²) >= 11 is 0. The fourth-order valence-corrected chi connectivity index (χ4v) is 12.2. The quantitative estimate of drug-likeness (QED) is 0.0261. The van der Waals surface area contributed by atoms with E-state index in [0.717, 1.165) is 89.9 Å². The lowest BCUT2D eigenvalue weighted by Crippen LogP contribution is -2.60. The van der Waals surface area contributed by atoms with Crippen LogP contribution >= 0.6 is 0 Å². The molecule has 1 fully saturated rings. The van der Waals surface area contributed by atoms with E-state index < -0.39 is 49.5 Å². The molecule has 0 aromatic carbocycles. The number of nitrogens with one attached hydrogen (secondary N) is 1.